The molecule has 0 amide bonds. The predicted molar refractivity (Wildman–Crippen MR) is 36.2 cm³/mol. The fraction of sp³-hybridized carbons (Fsp3) is 1.00. The lowest BCUT2D eigenvalue weighted by molar-refractivity contribution is 0.807. The first-order valence-corrected chi connectivity index (χ1v) is 3.73. The predicted octanol–water partition coefficient (Wildman–Crippen LogP) is 2.22. The first kappa shape index (κ1) is 4.88. The van der Waals surface area contributed by atoms with Crippen LogP contribution in [0.1, 0.15) is 19.8 Å². The molecule has 1 rings (SSSR count). The molecule has 36 valence electrons. The van der Waals surface area contributed by atoms with Crippen molar-refractivity contribution in [2.45, 2.75) is 23.7 Å². The van der Waals surface area contributed by atoms with E-state index in [2.05, 4.69) is 29.5 Å². The van der Waals surface area contributed by atoms with Crippen LogP contribution in [0.15, 0.2) is 0 Å². The van der Waals surface area contributed by atoms with Crippen LogP contribution in [0.3, 0.4) is 0 Å². The van der Waals surface area contributed by atoms with Crippen molar-refractivity contribution >= 4 is 22.6 Å². The molecule has 0 saturated heterocycles. The van der Waals surface area contributed by atoms with Gasteiger partial charge < -0.3 is 0 Å². The fourth-order valence-corrected chi connectivity index (χ4v) is 1.79. The highest BCUT2D eigenvalue weighted by Crippen LogP contribution is 2.40. The normalized spacial score (nSPS) is 43.0. The second-order valence-corrected chi connectivity index (χ2v) is 3.52. The molecule has 2 atom stereocenters. The summed E-state index contributed by atoms with van der Waals surface area (Å²) in [6, 6.07) is 0. The van der Waals surface area contributed by atoms with Gasteiger partial charge in [0, 0.05) is 3.92 Å². The number of hydrogen-bond acceptors (Lipinski definition) is 0. The zero-order valence-corrected chi connectivity index (χ0v) is 6.10. The first-order chi connectivity index (χ1) is 2.84. The maximum atomic E-state index is 2.52. The Kier molecular flexibility index (Phi) is 1.37. The van der Waals surface area contributed by atoms with E-state index in [0.29, 0.717) is 0 Å². The Morgan fingerprint density at radius 2 is 2.33 bits per heavy atom. The van der Waals surface area contributed by atoms with Crippen molar-refractivity contribution in [1.29, 1.82) is 0 Å². The van der Waals surface area contributed by atoms with Gasteiger partial charge in [-0.2, -0.15) is 0 Å². The van der Waals surface area contributed by atoms with Crippen LogP contribution >= 0.6 is 22.6 Å². The van der Waals surface area contributed by atoms with E-state index in [1.807, 2.05) is 0 Å². The van der Waals surface area contributed by atoms with E-state index in [4.69, 9.17) is 0 Å². The summed E-state index contributed by atoms with van der Waals surface area (Å²) in [6.45, 7) is 2.27. The smallest absolute Gasteiger partial charge is 0.0141 e. The molecular formula is C5H9I. The largest absolute Gasteiger partial charge is 0.0823 e. The third-order valence-electron chi connectivity index (χ3n) is 1.36. The molecular weight excluding hydrogens is 187 g/mol. The van der Waals surface area contributed by atoms with Crippen molar-refractivity contribution in [1.82, 2.24) is 0 Å². The Labute approximate surface area is 52.5 Å². The second kappa shape index (κ2) is 1.68. The maximum Gasteiger partial charge on any atom is 0.0141 e. The third kappa shape index (κ3) is 0.863. The van der Waals surface area contributed by atoms with Crippen LogP contribution in [-0.4, -0.2) is 3.92 Å². The molecule has 0 radical (unpaired) electrons. The Balaban J connectivity index is 2.09. The van der Waals surface area contributed by atoms with Crippen molar-refractivity contribution in [3.63, 3.8) is 0 Å². The molecule has 0 aromatic heterocycles. The monoisotopic (exact) mass is 196 g/mol. The summed E-state index contributed by atoms with van der Waals surface area (Å²) in [5.74, 6) is 1.09. The number of hydrogen-bond donors (Lipinski definition) is 0. The van der Waals surface area contributed by atoms with Gasteiger partial charge >= 0.3 is 0 Å². The minimum Gasteiger partial charge on any atom is -0.0823 e. The van der Waals surface area contributed by atoms with E-state index in [1.165, 1.54) is 12.8 Å². The Bertz CT molecular complexity index is 49.9. The van der Waals surface area contributed by atoms with E-state index < -0.39 is 0 Å². The van der Waals surface area contributed by atoms with Crippen molar-refractivity contribution in [3.8, 4) is 0 Å². The van der Waals surface area contributed by atoms with Gasteiger partial charge in [0.25, 0.3) is 0 Å². The second-order valence-electron chi connectivity index (χ2n) is 1.92. The Morgan fingerprint density at radius 3 is 2.33 bits per heavy atom. The molecule has 0 aromatic rings. The lowest BCUT2D eigenvalue weighted by Crippen LogP contribution is -1.69. The average Bonchev–Trinajstić information content (AvgIpc) is 2.19. The van der Waals surface area contributed by atoms with Crippen LogP contribution in [0.4, 0.5) is 0 Å². The number of alkyl halides is 1. The summed E-state index contributed by atoms with van der Waals surface area (Å²) in [7, 11) is 0. The molecule has 1 unspecified atom stereocenters. The molecule has 0 spiro atoms. The van der Waals surface area contributed by atoms with E-state index in [-0.39, 0.29) is 0 Å². The molecule has 0 N–H and O–H groups in total. The van der Waals surface area contributed by atoms with Crippen LogP contribution < -0.4 is 0 Å². The summed E-state index contributed by atoms with van der Waals surface area (Å²) in [5.41, 5.74) is 0. The molecule has 0 bridgehead atoms. The van der Waals surface area contributed by atoms with Gasteiger partial charge in [0.05, 0.1) is 0 Å². The molecule has 1 heteroatoms. The van der Waals surface area contributed by atoms with Crippen molar-refractivity contribution in [3.05, 3.63) is 0 Å². The zero-order valence-electron chi connectivity index (χ0n) is 3.95. The SMILES string of the molecule is CC[C@@H]1CC1I. The van der Waals surface area contributed by atoms with Crippen LogP contribution in [-0.2, 0) is 0 Å². The van der Waals surface area contributed by atoms with Gasteiger partial charge in [-0.15, -0.1) is 0 Å². The van der Waals surface area contributed by atoms with Crippen LogP contribution in [0.25, 0.3) is 0 Å². The van der Waals surface area contributed by atoms with Crippen LogP contribution in [0.2, 0.25) is 0 Å². The molecule has 1 aliphatic rings. The lowest BCUT2D eigenvalue weighted by Gasteiger charge is -1.77. The summed E-state index contributed by atoms with van der Waals surface area (Å²) < 4.78 is 1.03. The average molecular weight is 196 g/mol. The number of halogens is 1. The molecule has 0 nitrogen and oxygen atoms in total. The topological polar surface area (TPSA) is 0 Å². The van der Waals surface area contributed by atoms with Crippen molar-refractivity contribution < 1.29 is 0 Å². The standard InChI is InChI=1S/C5H9I/c1-2-4-3-5(4)6/h4-5H,2-3H2,1H3/t4-,5?/m1/s1. The highest BCUT2D eigenvalue weighted by atomic mass is 127. The highest BCUT2D eigenvalue weighted by Gasteiger charge is 2.31. The maximum absolute atomic E-state index is 2.52. The van der Waals surface area contributed by atoms with E-state index in [0.717, 1.165) is 9.84 Å². The van der Waals surface area contributed by atoms with Gasteiger partial charge in [0.2, 0.25) is 0 Å². The van der Waals surface area contributed by atoms with Crippen molar-refractivity contribution in [2.24, 2.45) is 5.92 Å². The molecule has 1 fully saturated rings. The van der Waals surface area contributed by atoms with E-state index >= 15 is 0 Å². The van der Waals surface area contributed by atoms with Gasteiger partial charge in [-0.1, -0.05) is 35.9 Å². The lowest BCUT2D eigenvalue weighted by atomic mass is 10.3. The van der Waals surface area contributed by atoms with Crippen LogP contribution in [0, 0.1) is 5.92 Å². The minimum absolute atomic E-state index is 1.03. The van der Waals surface area contributed by atoms with Gasteiger partial charge in [0.15, 0.2) is 0 Å². The van der Waals surface area contributed by atoms with E-state index in [1.54, 1.807) is 0 Å². The van der Waals surface area contributed by atoms with Gasteiger partial charge in [0.1, 0.15) is 0 Å². The highest BCUT2D eigenvalue weighted by molar-refractivity contribution is 14.1. The molecule has 0 heterocycles. The molecule has 6 heavy (non-hydrogen) atoms. The van der Waals surface area contributed by atoms with Gasteiger partial charge in [-0.3, -0.25) is 0 Å². The molecule has 0 aromatic carbocycles. The van der Waals surface area contributed by atoms with Gasteiger partial charge in [-0.25, -0.2) is 0 Å². The zero-order chi connectivity index (χ0) is 4.57. The molecule has 1 aliphatic carbocycles. The van der Waals surface area contributed by atoms with Crippen LogP contribution in [0.5, 0.6) is 0 Å². The first-order valence-electron chi connectivity index (χ1n) is 2.48. The summed E-state index contributed by atoms with van der Waals surface area (Å²) in [4.78, 5) is 0. The van der Waals surface area contributed by atoms with Crippen molar-refractivity contribution in [2.75, 3.05) is 0 Å². The molecule has 1 saturated carbocycles. The fourth-order valence-electron chi connectivity index (χ4n) is 0.633. The Morgan fingerprint density at radius 1 is 1.83 bits per heavy atom. The summed E-state index contributed by atoms with van der Waals surface area (Å²) >= 11 is 2.52. The van der Waals surface area contributed by atoms with Gasteiger partial charge in [-0.05, 0) is 12.3 Å². The van der Waals surface area contributed by atoms with E-state index in [9.17, 15) is 0 Å². The third-order valence-corrected chi connectivity index (χ3v) is 2.89. The number of rotatable bonds is 1. The quantitative estimate of drug-likeness (QED) is 0.445. The minimum atomic E-state index is 1.03. The summed E-state index contributed by atoms with van der Waals surface area (Å²) in [6.07, 6.45) is 2.88. The molecule has 0 aliphatic heterocycles. The Hall–Kier alpha value is 0.730. The summed E-state index contributed by atoms with van der Waals surface area (Å²) in [5, 5.41) is 0.